The minimum absolute atomic E-state index is 0.130. The van der Waals surface area contributed by atoms with Gasteiger partial charge < -0.3 is 9.73 Å². The van der Waals surface area contributed by atoms with Crippen molar-refractivity contribution >= 4 is 16.9 Å². The zero-order valence-electron chi connectivity index (χ0n) is 16.0. The van der Waals surface area contributed by atoms with Gasteiger partial charge in [-0.2, -0.15) is 0 Å². The number of benzene rings is 2. The molecule has 0 radical (unpaired) electrons. The number of carbonyl (C=O) groups is 1. The van der Waals surface area contributed by atoms with Crippen LogP contribution in [0.2, 0.25) is 0 Å². The monoisotopic (exact) mass is 382 g/mol. The van der Waals surface area contributed by atoms with Gasteiger partial charge >= 0.3 is 5.63 Å². The molecule has 3 aromatic rings. The first-order valence-corrected chi connectivity index (χ1v) is 9.21. The third-order valence-electron chi connectivity index (χ3n) is 4.60. The largest absolute Gasteiger partial charge is 0.423 e. The fourth-order valence-electron chi connectivity index (χ4n) is 3.05. The topological polar surface area (TPSA) is 62.6 Å². The maximum absolute atomic E-state index is 12.9. The van der Waals surface area contributed by atoms with Gasteiger partial charge in [0.15, 0.2) is 0 Å². The number of amides is 1. The van der Waals surface area contributed by atoms with E-state index in [4.69, 9.17) is 4.42 Å². The molecule has 5 nitrogen and oxygen atoms in total. The highest BCUT2D eigenvalue weighted by molar-refractivity contribution is 5.81. The third kappa shape index (κ3) is 5.04. The second-order valence-corrected chi connectivity index (χ2v) is 6.80. The van der Waals surface area contributed by atoms with Gasteiger partial charge in [0.1, 0.15) is 11.4 Å². The van der Waals surface area contributed by atoms with Crippen molar-refractivity contribution in [2.75, 3.05) is 13.1 Å². The Bertz CT molecular complexity index is 1030. The molecule has 0 unspecified atom stereocenters. The van der Waals surface area contributed by atoms with Gasteiger partial charge in [0.05, 0.1) is 6.54 Å². The molecule has 1 aromatic heterocycles. The molecule has 0 spiro atoms. The Morgan fingerprint density at radius 2 is 1.89 bits per heavy atom. The van der Waals surface area contributed by atoms with E-state index in [1.165, 1.54) is 18.2 Å². The molecule has 0 saturated carbocycles. The van der Waals surface area contributed by atoms with Crippen LogP contribution in [-0.2, 0) is 17.9 Å². The van der Waals surface area contributed by atoms with E-state index in [-0.39, 0.29) is 18.3 Å². The Balaban J connectivity index is 1.67. The smallest absolute Gasteiger partial charge is 0.336 e. The summed E-state index contributed by atoms with van der Waals surface area (Å²) in [6, 6.07) is 13.3. The minimum atomic E-state index is -0.398. The van der Waals surface area contributed by atoms with Gasteiger partial charge in [-0.1, -0.05) is 31.2 Å². The zero-order chi connectivity index (χ0) is 20.1. The number of nitrogens with zero attached hydrogens (tertiary/aromatic N) is 1. The standard InChI is InChI=1S/C22H23FN2O3/c1-3-25(14-21(26)24-12-16-5-7-18(23)8-6-16)13-17-11-22(27)28-20-10-15(2)4-9-19(17)20/h4-11H,3,12-14H2,1-2H3,(H,24,26). The van der Waals surface area contributed by atoms with Gasteiger partial charge in [0.25, 0.3) is 0 Å². The summed E-state index contributed by atoms with van der Waals surface area (Å²) in [5, 5.41) is 3.71. The fourth-order valence-corrected chi connectivity index (χ4v) is 3.05. The molecule has 0 bridgehead atoms. The van der Waals surface area contributed by atoms with Crippen LogP contribution in [0.4, 0.5) is 4.39 Å². The molecule has 1 amide bonds. The summed E-state index contributed by atoms with van der Waals surface area (Å²) >= 11 is 0. The number of aryl methyl sites for hydroxylation is 1. The minimum Gasteiger partial charge on any atom is -0.423 e. The lowest BCUT2D eigenvalue weighted by Gasteiger charge is -2.20. The van der Waals surface area contributed by atoms with Crippen molar-refractivity contribution in [1.29, 1.82) is 0 Å². The maximum atomic E-state index is 12.9. The van der Waals surface area contributed by atoms with Crippen molar-refractivity contribution in [2.24, 2.45) is 0 Å². The summed E-state index contributed by atoms with van der Waals surface area (Å²) in [5.74, 6) is -0.434. The van der Waals surface area contributed by atoms with Crippen LogP contribution in [0.15, 0.2) is 57.7 Å². The molecule has 0 fully saturated rings. The first kappa shape index (κ1) is 19.8. The van der Waals surface area contributed by atoms with Gasteiger partial charge in [0.2, 0.25) is 5.91 Å². The van der Waals surface area contributed by atoms with Crippen LogP contribution in [0.3, 0.4) is 0 Å². The van der Waals surface area contributed by atoms with Crippen LogP contribution in [0.25, 0.3) is 11.0 Å². The zero-order valence-corrected chi connectivity index (χ0v) is 16.0. The predicted molar refractivity (Wildman–Crippen MR) is 106 cm³/mol. The number of hydrogen-bond acceptors (Lipinski definition) is 4. The lowest BCUT2D eigenvalue weighted by Crippen LogP contribution is -2.36. The SMILES string of the molecule is CCN(CC(=O)NCc1ccc(F)cc1)Cc1cc(=O)oc2cc(C)ccc12. The van der Waals surface area contributed by atoms with Gasteiger partial charge in [-0.05, 0) is 48.4 Å². The van der Waals surface area contributed by atoms with E-state index in [1.54, 1.807) is 12.1 Å². The number of fused-ring (bicyclic) bond motifs is 1. The molecule has 1 heterocycles. The van der Waals surface area contributed by atoms with Crippen LogP contribution < -0.4 is 10.9 Å². The summed E-state index contributed by atoms with van der Waals surface area (Å²) in [5.41, 5.74) is 2.84. The fraction of sp³-hybridized carbons (Fsp3) is 0.273. The molecule has 6 heteroatoms. The van der Waals surface area contributed by atoms with E-state index in [0.29, 0.717) is 25.2 Å². The molecule has 2 aromatic carbocycles. The van der Waals surface area contributed by atoms with E-state index >= 15 is 0 Å². The molecule has 1 N–H and O–H groups in total. The summed E-state index contributed by atoms with van der Waals surface area (Å²) in [6.07, 6.45) is 0. The number of nitrogens with one attached hydrogen (secondary N) is 1. The van der Waals surface area contributed by atoms with Crippen LogP contribution in [0, 0.1) is 12.7 Å². The molecule has 0 aliphatic heterocycles. The number of carbonyl (C=O) groups excluding carboxylic acids is 1. The van der Waals surface area contributed by atoms with E-state index in [2.05, 4.69) is 5.32 Å². The maximum Gasteiger partial charge on any atom is 0.336 e. The van der Waals surface area contributed by atoms with Crippen LogP contribution in [0.1, 0.15) is 23.6 Å². The van der Waals surface area contributed by atoms with Crippen molar-refractivity contribution in [3.8, 4) is 0 Å². The van der Waals surface area contributed by atoms with Gasteiger partial charge in [-0.25, -0.2) is 9.18 Å². The normalized spacial score (nSPS) is 11.1. The summed E-state index contributed by atoms with van der Waals surface area (Å²) in [4.78, 5) is 26.2. The number of rotatable bonds is 7. The molecule has 0 atom stereocenters. The van der Waals surface area contributed by atoms with Crippen LogP contribution in [-0.4, -0.2) is 23.9 Å². The van der Waals surface area contributed by atoms with Crippen molar-refractivity contribution < 1.29 is 13.6 Å². The van der Waals surface area contributed by atoms with Crippen molar-refractivity contribution in [1.82, 2.24) is 10.2 Å². The Hall–Kier alpha value is -2.99. The molecule has 28 heavy (non-hydrogen) atoms. The third-order valence-corrected chi connectivity index (χ3v) is 4.60. The average Bonchev–Trinajstić information content (AvgIpc) is 2.66. The highest BCUT2D eigenvalue weighted by Gasteiger charge is 2.13. The van der Waals surface area contributed by atoms with E-state index < -0.39 is 5.63 Å². The molecule has 3 rings (SSSR count). The van der Waals surface area contributed by atoms with Gasteiger partial charge in [0, 0.05) is 24.5 Å². The first-order valence-electron chi connectivity index (χ1n) is 9.21. The highest BCUT2D eigenvalue weighted by atomic mass is 19.1. The second kappa shape index (κ2) is 8.80. The molecule has 0 saturated heterocycles. The predicted octanol–water partition coefficient (Wildman–Crippen LogP) is 3.38. The van der Waals surface area contributed by atoms with Crippen LogP contribution >= 0.6 is 0 Å². The Kier molecular flexibility index (Phi) is 6.21. The lowest BCUT2D eigenvalue weighted by molar-refractivity contribution is -0.122. The van der Waals surface area contributed by atoms with E-state index in [1.807, 2.05) is 36.9 Å². The van der Waals surface area contributed by atoms with Crippen molar-refractivity contribution in [2.45, 2.75) is 26.9 Å². The number of likely N-dealkylation sites (N-methyl/N-ethyl adjacent to an activating group) is 1. The average molecular weight is 382 g/mol. The lowest BCUT2D eigenvalue weighted by atomic mass is 10.1. The number of hydrogen-bond donors (Lipinski definition) is 1. The van der Waals surface area contributed by atoms with Gasteiger partial charge in [-0.15, -0.1) is 0 Å². The second-order valence-electron chi connectivity index (χ2n) is 6.80. The molecular formula is C22H23FN2O3. The Morgan fingerprint density at radius 1 is 1.14 bits per heavy atom. The van der Waals surface area contributed by atoms with Gasteiger partial charge in [-0.3, -0.25) is 9.69 Å². The molecule has 146 valence electrons. The Labute approximate surface area is 162 Å². The van der Waals surface area contributed by atoms with E-state index in [0.717, 1.165) is 22.1 Å². The Morgan fingerprint density at radius 3 is 2.61 bits per heavy atom. The summed E-state index contributed by atoms with van der Waals surface area (Å²) in [7, 11) is 0. The van der Waals surface area contributed by atoms with Crippen molar-refractivity contribution in [3.63, 3.8) is 0 Å². The first-order chi connectivity index (χ1) is 13.4. The molecule has 0 aliphatic rings. The van der Waals surface area contributed by atoms with Crippen LogP contribution in [0.5, 0.6) is 0 Å². The molecule has 0 aliphatic carbocycles. The summed E-state index contributed by atoms with van der Waals surface area (Å²) in [6.45, 7) is 5.56. The van der Waals surface area contributed by atoms with Crippen molar-refractivity contribution in [3.05, 3.63) is 81.5 Å². The summed E-state index contributed by atoms with van der Waals surface area (Å²) < 4.78 is 18.2. The number of halogens is 1. The quantitative estimate of drug-likeness (QED) is 0.637. The molecular weight excluding hydrogens is 359 g/mol. The highest BCUT2D eigenvalue weighted by Crippen LogP contribution is 2.19. The van der Waals surface area contributed by atoms with E-state index in [9.17, 15) is 14.0 Å².